The molecule has 1 saturated heterocycles. The molecule has 2 aliphatic rings. The third-order valence-corrected chi connectivity index (χ3v) is 4.49. The standard InChI is InChI=1S/C15H30N2/c1-10(2)16-11(3)9-14-12-7-8-13(12)17(14)15(4,5)6/h10-14,16H,7-9H2,1-6H3. The van der Waals surface area contributed by atoms with Gasteiger partial charge in [-0.2, -0.15) is 0 Å². The number of likely N-dealkylation sites (tertiary alicyclic amines) is 1. The quantitative estimate of drug-likeness (QED) is 0.810. The number of nitrogens with one attached hydrogen (secondary N) is 1. The molecule has 0 amide bonds. The molecule has 1 N–H and O–H groups in total. The maximum atomic E-state index is 3.65. The molecule has 2 fully saturated rings. The second-order valence-electron chi connectivity index (χ2n) is 7.41. The minimum absolute atomic E-state index is 0.351. The highest BCUT2D eigenvalue weighted by molar-refractivity contribution is 5.11. The average molecular weight is 238 g/mol. The Balaban J connectivity index is 1.91. The van der Waals surface area contributed by atoms with Crippen LogP contribution in [0.25, 0.3) is 0 Å². The van der Waals surface area contributed by atoms with Crippen LogP contribution >= 0.6 is 0 Å². The predicted molar refractivity (Wildman–Crippen MR) is 74.2 cm³/mol. The maximum Gasteiger partial charge on any atom is 0.0161 e. The van der Waals surface area contributed by atoms with E-state index >= 15 is 0 Å². The summed E-state index contributed by atoms with van der Waals surface area (Å²) in [6, 6.07) is 2.98. The van der Waals surface area contributed by atoms with Crippen molar-refractivity contribution in [3.8, 4) is 0 Å². The highest BCUT2D eigenvalue weighted by atomic mass is 15.3. The SMILES string of the molecule is CC(C)NC(C)CC1C2CCC2N1C(C)(C)C. The van der Waals surface area contributed by atoms with Gasteiger partial charge in [-0.3, -0.25) is 4.90 Å². The molecular formula is C15H30N2. The van der Waals surface area contributed by atoms with E-state index in [0.717, 1.165) is 18.0 Å². The van der Waals surface area contributed by atoms with Gasteiger partial charge in [0.1, 0.15) is 0 Å². The number of piperidine rings is 1. The van der Waals surface area contributed by atoms with E-state index < -0.39 is 0 Å². The van der Waals surface area contributed by atoms with Crippen LogP contribution in [0.5, 0.6) is 0 Å². The molecule has 2 heteroatoms. The summed E-state index contributed by atoms with van der Waals surface area (Å²) in [5.74, 6) is 1.01. The smallest absolute Gasteiger partial charge is 0.0161 e. The lowest BCUT2D eigenvalue weighted by Gasteiger charge is -2.67. The van der Waals surface area contributed by atoms with Gasteiger partial charge in [-0.15, -0.1) is 0 Å². The molecule has 0 spiro atoms. The lowest BCUT2D eigenvalue weighted by Crippen LogP contribution is -2.74. The van der Waals surface area contributed by atoms with Crippen molar-refractivity contribution >= 4 is 0 Å². The van der Waals surface area contributed by atoms with Gasteiger partial charge in [0.05, 0.1) is 0 Å². The Labute approximate surface area is 107 Å². The Hall–Kier alpha value is -0.0800. The number of hydrogen-bond acceptors (Lipinski definition) is 2. The fraction of sp³-hybridized carbons (Fsp3) is 1.00. The molecular weight excluding hydrogens is 208 g/mol. The molecule has 0 aromatic rings. The van der Waals surface area contributed by atoms with E-state index in [9.17, 15) is 0 Å². The monoisotopic (exact) mass is 238 g/mol. The van der Waals surface area contributed by atoms with Crippen LogP contribution in [0, 0.1) is 5.92 Å². The maximum absolute atomic E-state index is 3.65. The Kier molecular flexibility index (Phi) is 3.57. The number of nitrogens with zero attached hydrogens (tertiary/aromatic N) is 1. The van der Waals surface area contributed by atoms with E-state index in [1.54, 1.807) is 0 Å². The van der Waals surface area contributed by atoms with E-state index in [2.05, 4.69) is 51.8 Å². The second-order valence-corrected chi connectivity index (χ2v) is 7.41. The van der Waals surface area contributed by atoms with Crippen molar-refractivity contribution in [1.82, 2.24) is 10.2 Å². The van der Waals surface area contributed by atoms with Gasteiger partial charge in [-0.1, -0.05) is 13.8 Å². The lowest BCUT2D eigenvalue weighted by atomic mass is 9.62. The largest absolute Gasteiger partial charge is 0.312 e. The summed E-state index contributed by atoms with van der Waals surface area (Å²) in [4.78, 5) is 2.78. The van der Waals surface area contributed by atoms with Crippen LogP contribution in [0.3, 0.4) is 0 Å². The van der Waals surface area contributed by atoms with Gasteiger partial charge in [-0.25, -0.2) is 0 Å². The molecule has 1 aliphatic heterocycles. The fourth-order valence-electron chi connectivity index (χ4n) is 3.94. The molecule has 0 radical (unpaired) electrons. The fourth-order valence-corrected chi connectivity index (χ4v) is 3.94. The lowest BCUT2D eigenvalue weighted by molar-refractivity contribution is -0.171. The summed E-state index contributed by atoms with van der Waals surface area (Å²) in [5.41, 5.74) is 0.351. The molecule has 4 atom stereocenters. The zero-order valence-electron chi connectivity index (χ0n) is 12.5. The van der Waals surface area contributed by atoms with Crippen molar-refractivity contribution in [2.75, 3.05) is 0 Å². The summed E-state index contributed by atoms with van der Waals surface area (Å²) in [6.45, 7) is 13.9. The first-order valence-electron chi connectivity index (χ1n) is 7.35. The van der Waals surface area contributed by atoms with Gasteiger partial charge in [0.2, 0.25) is 0 Å². The first-order valence-corrected chi connectivity index (χ1v) is 7.35. The summed E-state index contributed by atoms with van der Waals surface area (Å²) in [5, 5.41) is 3.65. The van der Waals surface area contributed by atoms with Crippen LogP contribution in [0.4, 0.5) is 0 Å². The van der Waals surface area contributed by atoms with Crippen molar-refractivity contribution in [3.63, 3.8) is 0 Å². The van der Waals surface area contributed by atoms with Crippen LogP contribution in [0.2, 0.25) is 0 Å². The second kappa shape index (κ2) is 4.55. The topological polar surface area (TPSA) is 15.3 Å². The summed E-state index contributed by atoms with van der Waals surface area (Å²) < 4.78 is 0. The van der Waals surface area contributed by atoms with E-state index in [1.807, 2.05) is 0 Å². The van der Waals surface area contributed by atoms with Gasteiger partial charge < -0.3 is 5.32 Å². The summed E-state index contributed by atoms with van der Waals surface area (Å²) >= 11 is 0. The zero-order chi connectivity index (χ0) is 12.8. The first kappa shape index (κ1) is 13.4. The Bertz CT molecular complexity index is 267. The number of rotatable bonds is 4. The van der Waals surface area contributed by atoms with Crippen molar-refractivity contribution in [2.45, 2.75) is 90.5 Å². The average Bonchev–Trinajstić information content (AvgIpc) is 2.08. The van der Waals surface area contributed by atoms with Gasteiger partial charge in [0.25, 0.3) is 0 Å². The molecule has 17 heavy (non-hydrogen) atoms. The third-order valence-electron chi connectivity index (χ3n) is 4.49. The Morgan fingerprint density at radius 3 is 2.24 bits per heavy atom. The molecule has 0 aromatic carbocycles. The number of fused-ring (bicyclic) bond motifs is 1. The minimum atomic E-state index is 0.351. The molecule has 0 bridgehead atoms. The van der Waals surface area contributed by atoms with Crippen LogP contribution in [-0.2, 0) is 0 Å². The highest BCUT2D eigenvalue weighted by Gasteiger charge is 2.56. The third kappa shape index (κ3) is 2.53. The summed E-state index contributed by atoms with van der Waals surface area (Å²) in [6.07, 6.45) is 4.22. The van der Waals surface area contributed by atoms with E-state index in [0.29, 0.717) is 17.6 Å². The molecule has 1 aliphatic carbocycles. The molecule has 100 valence electrons. The van der Waals surface area contributed by atoms with E-state index in [1.165, 1.54) is 19.3 Å². The minimum Gasteiger partial charge on any atom is -0.312 e. The van der Waals surface area contributed by atoms with E-state index in [4.69, 9.17) is 0 Å². The van der Waals surface area contributed by atoms with E-state index in [-0.39, 0.29) is 0 Å². The van der Waals surface area contributed by atoms with Crippen molar-refractivity contribution in [2.24, 2.45) is 5.92 Å². The highest BCUT2D eigenvalue weighted by Crippen LogP contribution is 2.51. The first-order chi connectivity index (χ1) is 7.80. The predicted octanol–water partition coefficient (Wildman–Crippen LogP) is 3.02. The normalized spacial score (nSPS) is 35.1. The van der Waals surface area contributed by atoms with Gasteiger partial charge in [0.15, 0.2) is 0 Å². The molecule has 2 nitrogen and oxygen atoms in total. The molecule has 1 heterocycles. The number of hydrogen-bond donors (Lipinski definition) is 1. The van der Waals surface area contributed by atoms with Crippen molar-refractivity contribution < 1.29 is 0 Å². The van der Waals surface area contributed by atoms with Crippen LogP contribution in [-0.4, -0.2) is 34.6 Å². The Morgan fingerprint density at radius 2 is 1.82 bits per heavy atom. The zero-order valence-corrected chi connectivity index (χ0v) is 12.5. The van der Waals surface area contributed by atoms with Gasteiger partial charge in [-0.05, 0) is 52.9 Å². The van der Waals surface area contributed by atoms with Crippen molar-refractivity contribution in [1.29, 1.82) is 0 Å². The van der Waals surface area contributed by atoms with Gasteiger partial charge >= 0.3 is 0 Å². The molecule has 0 aromatic heterocycles. The van der Waals surface area contributed by atoms with Crippen LogP contribution in [0.1, 0.15) is 60.8 Å². The molecule has 2 rings (SSSR count). The van der Waals surface area contributed by atoms with Crippen molar-refractivity contribution in [3.05, 3.63) is 0 Å². The molecule has 4 unspecified atom stereocenters. The molecule has 1 saturated carbocycles. The van der Waals surface area contributed by atoms with Gasteiger partial charge in [0, 0.05) is 29.7 Å². The summed E-state index contributed by atoms with van der Waals surface area (Å²) in [7, 11) is 0. The Morgan fingerprint density at radius 1 is 1.18 bits per heavy atom. The van der Waals surface area contributed by atoms with Crippen LogP contribution in [0.15, 0.2) is 0 Å². The van der Waals surface area contributed by atoms with Crippen LogP contribution < -0.4 is 5.32 Å².